The third kappa shape index (κ3) is 3.46. The van der Waals surface area contributed by atoms with Crippen molar-refractivity contribution in [2.24, 2.45) is 0 Å². The number of aryl methyl sites for hydroxylation is 2. The Bertz CT molecular complexity index is 605. The highest BCUT2D eigenvalue weighted by atomic mass is 19.3. The molecule has 4 nitrogen and oxygen atoms in total. The summed E-state index contributed by atoms with van der Waals surface area (Å²) in [7, 11) is 1.34. The molecule has 0 N–H and O–H groups in total. The molecule has 0 unspecified atom stereocenters. The summed E-state index contributed by atoms with van der Waals surface area (Å²) in [6.45, 7) is 0.703. The normalized spacial score (nSPS) is 20.6. The summed E-state index contributed by atoms with van der Waals surface area (Å²) >= 11 is 0. The van der Waals surface area contributed by atoms with Gasteiger partial charge in [-0.05, 0) is 43.7 Å². The van der Waals surface area contributed by atoms with Gasteiger partial charge in [0.05, 0.1) is 7.11 Å². The molecular weight excluding hydrogens is 302 g/mol. The van der Waals surface area contributed by atoms with Crippen LogP contribution in [-0.2, 0) is 17.6 Å². The molecule has 6 heteroatoms. The highest BCUT2D eigenvalue weighted by molar-refractivity contribution is 5.95. The average molecular weight is 324 g/mol. The molecule has 1 aromatic heterocycles. The zero-order valence-corrected chi connectivity index (χ0v) is 13.4. The Morgan fingerprint density at radius 1 is 1.22 bits per heavy atom. The number of anilines is 1. The molecule has 1 fully saturated rings. The molecule has 23 heavy (non-hydrogen) atoms. The second kappa shape index (κ2) is 6.42. The number of nitrogens with zero attached hydrogens (tertiary/aromatic N) is 2. The lowest BCUT2D eigenvalue weighted by Gasteiger charge is -2.26. The van der Waals surface area contributed by atoms with Crippen LogP contribution in [0.25, 0.3) is 0 Å². The van der Waals surface area contributed by atoms with Crippen molar-refractivity contribution in [2.75, 3.05) is 25.1 Å². The summed E-state index contributed by atoms with van der Waals surface area (Å²) < 4.78 is 32.1. The Morgan fingerprint density at radius 3 is 2.78 bits per heavy atom. The highest BCUT2D eigenvalue weighted by Gasteiger charge is 2.33. The van der Waals surface area contributed by atoms with E-state index in [4.69, 9.17) is 4.74 Å². The standard InChI is InChI=1S/C17H22F2N2O2/c1-23-16(22)13-11-12-5-2-3-6-14(12)20-15(13)21-9-4-7-17(18,19)8-10-21/h11H,2-10H2,1H3. The largest absolute Gasteiger partial charge is 0.465 e. The van der Waals surface area contributed by atoms with Gasteiger partial charge in [0.15, 0.2) is 0 Å². The van der Waals surface area contributed by atoms with Crippen LogP contribution in [-0.4, -0.2) is 37.1 Å². The molecule has 1 aliphatic heterocycles. The molecule has 1 saturated heterocycles. The average Bonchev–Trinajstić information content (AvgIpc) is 2.73. The smallest absolute Gasteiger partial charge is 0.341 e. The number of carbonyl (C=O) groups is 1. The lowest BCUT2D eigenvalue weighted by Crippen LogP contribution is -2.29. The third-order valence-corrected chi connectivity index (χ3v) is 4.70. The first-order valence-electron chi connectivity index (χ1n) is 8.24. The number of pyridine rings is 1. The summed E-state index contributed by atoms with van der Waals surface area (Å²) in [5.41, 5.74) is 2.48. The number of aromatic nitrogens is 1. The van der Waals surface area contributed by atoms with E-state index in [1.807, 2.05) is 11.0 Å². The summed E-state index contributed by atoms with van der Waals surface area (Å²) in [4.78, 5) is 18.6. The monoisotopic (exact) mass is 324 g/mol. The first kappa shape index (κ1) is 16.1. The molecule has 0 spiro atoms. The van der Waals surface area contributed by atoms with E-state index in [1.165, 1.54) is 7.11 Å². The minimum Gasteiger partial charge on any atom is -0.465 e. The molecule has 0 bridgehead atoms. The molecule has 1 aliphatic carbocycles. The van der Waals surface area contributed by atoms with E-state index in [2.05, 4.69) is 4.98 Å². The van der Waals surface area contributed by atoms with Crippen molar-refractivity contribution in [1.29, 1.82) is 0 Å². The van der Waals surface area contributed by atoms with Crippen LogP contribution in [0.5, 0.6) is 0 Å². The van der Waals surface area contributed by atoms with E-state index in [0.29, 0.717) is 24.3 Å². The van der Waals surface area contributed by atoms with Gasteiger partial charge in [0.1, 0.15) is 11.4 Å². The van der Waals surface area contributed by atoms with Crippen molar-refractivity contribution in [3.8, 4) is 0 Å². The maximum Gasteiger partial charge on any atom is 0.341 e. The van der Waals surface area contributed by atoms with Gasteiger partial charge >= 0.3 is 5.97 Å². The van der Waals surface area contributed by atoms with E-state index in [0.717, 1.165) is 36.9 Å². The summed E-state index contributed by atoms with van der Waals surface area (Å²) in [5, 5.41) is 0. The van der Waals surface area contributed by atoms with Crippen molar-refractivity contribution >= 4 is 11.8 Å². The Kier molecular flexibility index (Phi) is 4.50. The van der Waals surface area contributed by atoms with Gasteiger partial charge in [0.2, 0.25) is 5.92 Å². The topological polar surface area (TPSA) is 42.4 Å². The number of hydrogen-bond acceptors (Lipinski definition) is 4. The Morgan fingerprint density at radius 2 is 2.00 bits per heavy atom. The lowest BCUT2D eigenvalue weighted by atomic mass is 9.94. The molecule has 0 radical (unpaired) electrons. The zero-order valence-electron chi connectivity index (χ0n) is 13.4. The highest BCUT2D eigenvalue weighted by Crippen LogP contribution is 2.32. The van der Waals surface area contributed by atoms with Crippen LogP contribution in [0.15, 0.2) is 6.07 Å². The Hall–Kier alpha value is -1.72. The van der Waals surface area contributed by atoms with Crippen molar-refractivity contribution in [1.82, 2.24) is 4.98 Å². The van der Waals surface area contributed by atoms with Crippen molar-refractivity contribution in [3.05, 3.63) is 22.9 Å². The number of methoxy groups -OCH3 is 1. The molecule has 0 aromatic carbocycles. The number of hydrogen-bond donors (Lipinski definition) is 0. The molecule has 3 rings (SSSR count). The summed E-state index contributed by atoms with van der Waals surface area (Å²) in [5.74, 6) is -2.57. The van der Waals surface area contributed by atoms with Gasteiger partial charge in [-0.3, -0.25) is 0 Å². The molecule has 0 atom stereocenters. The van der Waals surface area contributed by atoms with Gasteiger partial charge in [-0.1, -0.05) is 0 Å². The molecular formula is C17H22F2N2O2. The molecule has 2 aliphatic rings. The van der Waals surface area contributed by atoms with Gasteiger partial charge in [-0.25, -0.2) is 18.6 Å². The molecule has 0 saturated carbocycles. The van der Waals surface area contributed by atoms with Crippen molar-refractivity contribution in [3.63, 3.8) is 0 Å². The SMILES string of the molecule is COC(=O)c1cc2c(nc1N1CCCC(F)(F)CC1)CCCC2. The second-order valence-electron chi connectivity index (χ2n) is 6.36. The van der Waals surface area contributed by atoms with Crippen LogP contribution in [0.3, 0.4) is 0 Å². The maximum atomic E-state index is 13.6. The maximum absolute atomic E-state index is 13.6. The number of rotatable bonds is 2. The van der Waals surface area contributed by atoms with E-state index in [-0.39, 0.29) is 19.4 Å². The third-order valence-electron chi connectivity index (χ3n) is 4.70. The zero-order chi connectivity index (χ0) is 16.4. The predicted molar refractivity (Wildman–Crippen MR) is 83.2 cm³/mol. The van der Waals surface area contributed by atoms with E-state index >= 15 is 0 Å². The van der Waals surface area contributed by atoms with Crippen molar-refractivity contribution < 1.29 is 18.3 Å². The second-order valence-corrected chi connectivity index (χ2v) is 6.36. The van der Waals surface area contributed by atoms with Gasteiger partial charge < -0.3 is 9.64 Å². The Labute approximate surface area is 134 Å². The van der Waals surface area contributed by atoms with Gasteiger partial charge in [0.25, 0.3) is 0 Å². The lowest BCUT2D eigenvalue weighted by molar-refractivity contribution is -0.0102. The molecule has 1 aromatic rings. The Balaban J connectivity index is 1.97. The molecule has 126 valence electrons. The van der Waals surface area contributed by atoms with Gasteiger partial charge in [0, 0.05) is 31.6 Å². The van der Waals surface area contributed by atoms with E-state index < -0.39 is 11.9 Å². The first-order valence-corrected chi connectivity index (χ1v) is 8.24. The number of ether oxygens (including phenoxy) is 1. The number of carbonyl (C=O) groups excluding carboxylic acids is 1. The number of fused-ring (bicyclic) bond motifs is 1. The fraction of sp³-hybridized carbons (Fsp3) is 0.647. The fourth-order valence-corrected chi connectivity index (χ4v) is 3.40. The van der Waals surface area contributed by atoms with Gasteiger partial charge in [-0.15, -0.1) is 0 Å². The number of halogens is 2. The molecule has 2 heterocycles. The van der Waals surface area contributed by atoms with Crippen LogP contribution >= 0.6 is 0 Å². The summed E-state index contributed by atoms with van der Waals surface area (Å²) in [6.07, 6.45) is 4.04. The van der Waals surface area contributed by atoms with Crippen molar-refractivity contribution in [2.45, 2.75) is 50.9 Å². The number of esters is 1. The minimum absolute atomic E-state index is 0.109. The van der Waals surface area contributed by atoms with Crippen LogP contribution in [0.1, 0.15) is 53.7 Å². The van der Waals surface area contributed by atoms with Crippen LogP contribution in [0, 0.1) is 0 Å². The van der Waals surface area contributed by atoms with Crippen LogP contribution < -0.4 is 4.90 Å². The predicted octanol–water partition coefficient (Wildman–Crippen LogP) is 3.37. The van der Waals surface area contributed by atoms with E-state index in [1.54, 1.807) is 0 Å². The van der Waals surface area contributed by atoms with Crippen LogP contribution in [0.4, 0.5) is 14.6 Å². The quantitative estimate of drug-likeness (QED) is 0.782. The van der Waals surface area contributed by atoms with Gasteiger partial charge in [-0.2, -0.15) is 0 Å². The van der Waals surface area contributed by atoms with E-state index in [9.17, 15) is 13.6 Å². The minimum atomic E-state index is -2.63. The van der Waals surface area contributed by atoms with Crippen LogP contribution in [0.2, 0.25) is 0 Å². The summed E-state index contributed by atoms with van der Waals surface area (Å²) in [6, 6.07) is 1.85. The first-order chi connectivity index (χ1) is 11.0. The number of alkyl halides is 2. The molecule has 0 amide bonds. The fourth-order valence-electron chi connectivity index (χ4n) is 3.40.